The van der Waals surface area contributed by atoms with Crippen LogP contribution in [0.4, 0.5) is 0 Å². The molecule has 0 spiro atoms. The maximum Gasteiger partial charge on any atom is 0.267 e. The van der Waals surface area contributed by atoms with Crippen molar-refractivity contribution in [2.24, 2.45) is 0 Å². The standard InChI is InChI=1S/C15H18N4OS.2ClH/c1-10-19-14(9-21-10)12-6-13(17-8-12)15(20)18-7-11-2-4-16-5-3-11;;/h2,6,8-9,16-17H,3-5,7H2,1H3,(H,18,20);2*1H. The van der Waals surface area contributed by atoms with Gasteiger partial charge in [-0.1, -0.05) is 11.6 Å². The lowest BCUT2D eigenvalue weighted by Gasteiger charge is -2.14. The van der Waals surface area contributed by atoms with E-state index in [1.165, 1.54) is 5.57 Å². The normalized spacial score (nSPS) is 13.5. The third kappa shape index (κ3) is 5.07. The zero-order chi connectivity index (χ0) is 14.7. The molecule has 3 N–H and O–H groups in total. The minimum absolute atomic E-state index is 0. The molecular formula is C15H20Cl2N4OS. The molecule has 8 heteroatoms. The lowest BCUT2D eigenvalue weighted by Crippen LogP contribution is -2.29. The Morgan fingerprint density at radius 3 is 2.91 bits per heavy atom. The average molecular weight is 375 g/mol. The second-order valence-corrected chi connectivity index (χ2v) is 6.12. The highest BCUT2D eigenvalue weighted by Gasteiger charge is 2.12. The average Bonchev–Trinajstić information content (AvgIpc) is 3.14. The number of aromatic nitrogens is 2. The lowest BCUT2D eigenvalue weighted by atomic mass is 10.1. The summed E-state index contributed by atoms with van der Waals surface area (Å²) in [7, 11) is 0. The number of amides is 1. The molecular weight excluding hydrogens is 355 g/mol. The molecule has 2 aromatic heterocycles. The first kappa shape index (κ1) is 19.7. The van der Waals surface area contributed by atoms with Crippen molar-refractivity contribution < 1.29 is 4.79 Å². The van der Waals surface area contributed by atoms with Gasteiger partial charge in [-0.15, -0.1) is 36.2 Å². The van der Waals surface area contributed by atoms with Gasteiger partial charge >= 0.3 is 0 Å². The number of carbonyl (C=O) groups is 1. The second-order valence-electron chi connectivity index (χ2n) is 5.05. The number of aromatic amines is 1. The summed E-state index contributed by atoms with van der Waals surface area (Å²) in [6.07, 6.45) is 4.96. The van der Waals surface area contributed by atoms with Crippen LogP contribution in [0.15, 0.2) is 29.3 Å². The van der Waals surface area contributed by atoms with Crippen LogP contribution < -0.4 is 10.6 Å². The molecule has 0 fully saturated rings. The van der Waals surface area contributed by atoms with Gasteiger partial charge in [-0.25, -0.2) is 4.98 Å². The number of halogens is 2. The van der Waals surface area contributed by atoms with Gasteiger partial charge in [0.2, 0.25) is 0 Å². The van der Waals surface area contributed by atoms with Gasteiger partial charge in [0.1, 0.15) is 5.69 Å². The Morgan fingerprint density at radius 1 is 1.43 bits per heavy atom. The van der Waals surface area contributed by atoms with Crippen molar-refractivity contribution in [2.45, 2.75) is 13.3 Å². The molecule has 1 aliphatic heterocycles. The van der Waals surface area contributed by atoms with Crippen LogP contribution in [0.25, 0.3) is 11.3 Å². The van der Waals surface area contributed by atoms with Gasteiger partial charge in [0, 0.05) is 30.2 Å². The first-order valence-corrected chi connectivity index (χ1v) is 7.88. The van der Waals surface area contributed by atoms with E-state index in [0.717, 1.165) is 35.8 Å². The SMILES string of the molecule is Cc1nc(-c2c[nH]c(C(=O)NCC3=CCNCC3)c2)cs1.Cl.Cl. The number of rotatable bonds is 4. The molecule has 2 aromatic rings. The molecule has 1 amide bonds. The molecule has 23 heavy (non-hydrogen) atoms. The van der Waals surface area contributed by atoms with Crippen molar-refractivity contribution >= 4 is 42.1 Å². The number of hydrogen-bond donors (Lipinski definition) is 3. The number of carbonyl (C=O) groups excluding carboxylic acids is 1. The molecule has 0 saturated carbocycles. The third-order valence-electron chi connectivity index (χ3n) is 3.48. The van der Waals surface area contributed by atoms with E-state index in [2.05, 4.69) is 26.7 Å². The van der Waals surface area contributed by atoms with Gasteiger partial charge in [0.15, 0.2) is 0 Å². The van der Waals surface area contributed by atoms with Gasteiger partial charge in [0.25, 0.3) is 5.91 Å². The van der Waals surface area contributed by atoms with Crippen molar-refractivity contribution in [2.75, 3.05) is 19.6 Å². The van der Waals surface area contributed by atoms with E-state index < -0.39 is 0 Å². The van der Waals surface area contributed by atoms with E-state index in [1.807, 2.05) is 24.6 Å². The van der Waals surface area contributed by atoms with Crippen LogP contribution in [0.1, 0.15) is 21.9 Å². The molecule has 0 bridgehead atoms. The van der Waals surface area contributed by atoms with Crippen LogP contribution in [0.3, 0.4) is 0 Å². The molecule has 3 heterocycles. The Hall–Kier alpha value is -1.34. The van der Waals surface area contributed by atoms with Crippen molar-refractivity contribution in [3.05, 3.63) is 40.0 Å². The fourth-order valence-electron chi connectivity index (χ4n) is 2.29. The summed E-state index contributed by atoms with van der Waals surface area (Å²) in [6, 6.07) is 1.85. The molecule has 0 aromatic carbocycles. The Labute approximate surface area is 151 Å². The van der Waals surface area contributed by atoms with E-state index in [4.69, 9.17) is 0 Å². The molecule has 3 rings (SSSR count). The predicted octanol–water partition coefficient (Wildman–Crippen LogP) is 2.94. The number of thiazole rings is 1. The highest BCUT2D eigenvalue weighted by atomic mass is 35.5. The zero-order valence-electron chi connectivity index (χ0n) is 12.7. The first-order valence-electron chi connectivity index (χ1n) is 7.00. The third-order valence-corrected chi connectivity index (χ3v) is 4.25. The summed E-state index contributed by atoms with van der Waals surface area (Å²) < 4.78 is 0. The largest absolute Gasteiger partial charge is 0.357 e. The van der Waals surface area contributed by atoms with Crippen molar-refractivity contribution in [1.82, 2.24) is 20.6 Å². The van der Waals surface area contributed by atoms with E-state index in [-0.39, 0.29) is 30.7 Å². The summed E-state index contributed by atoms with van der Waals surface area (Å²) in [5, 5.41) is 9.23. The summed E-state index contributed by atoms with van der Waals surface area (Å²) in [5.74, 6) is -0.0763. The van der Waals surface area contributed by atoms with Gasteiger partial charge in [-0.2, -0.15) is 0 Å². The van der Waals surface area contributed by atoms with Crippen molar-refractivity contribution in [3.8, 4) is 11.3 Å². The van der Waals surface area contributed by atoms with Gasteiger partial charge in [-0.05, 0) is 26.0 Å². The minimum atomic E-state index is -0.0763. The Balaban J connectivity index is 0.00000132. The fraction of sp³-hybridized carbons (Fsp3) is 0.333. The Kier molecular flexibility index (Phi) is 7.78. The summed E-state index contributed by atoms with van der Waals surface area (Å²) in [5.41, 5.74) is 3.72. The van der Waals surface area contributed by atoms with E-state index >= 15 is 0 Å². The van der Waals surface area contributed by atoms with Gasteiger partial charge in [-0.3, -0.25) is 4.79 Å². The van der Waals surface area contributed by atoms with Gasteiger partial charge < -0.3 is 15.6 Å². The molecule has 0 unspecified atom stereocenters. The molecule has 0 aliphatic carbocycles. The summed E-state index contributed by atoms with van der Waals surface area (Å²) in [4.78, 5) is 19.6. The van der Waals surface area contributed by atoms with Crippen molar-refractivity contribution in [3.63, 3.8) is 0 Å². The summed E-state index contributed by atoms with van der Waals surface area (Å²) >= 11 is 1.61. The molecule has 0 radical (unpaired) electrons. The molecule has 5 nitrogen and oxygen atoms in total. The lowest BCUT2D eigenvalue weighted by molar-refractivity contribution is 0.0952. The topological polar surface area (TPSA) is 69.8 Å². The van der Waals surface area contributed by atoms with Crippen LogP contribution >= 0.6 is 36.2 Å². The van der Waals surface area contributed by atoms with E-state index in [9.17, 15) is 4.79 Å². The minimum Gasteiger partial charge on any atom is -0.357 e. The smallest absolute Gasteiger partial charge is 0.267 e. The number of nitrogens with one attached hydrogen (secondary N) is 3. The molecule has 0 atom stereocenters. The number of H-pyrrole nitrogens is 1. The van der Waals surface area contributed by atoms with Crippen LogP contribution in [0.5, 0.6) is 0 Å². The maximum atomic E-state index is 12.1. The maximum absolute atomic E-state index is 12.1. The van der Waals surface area contributed by atoms with Crippen LogP contribution in [-0.2, 0) is 0 Å². The molecule has 126 valence electrons. The molecule has 1 aliphatic rings. The van der Waals surface area contributed by atoms with Crippen LogP contribution in [-0.4, -0.2) is 35.5 Å². The Morgan fingerprint density at radius 2 is 2.26 bits per heavy atom. The number of hydrogen-bond acceptors (Lipinski definition) is 4. The van der Waals surface area contributed by atoms with E-state index in [0.29, 0.717) is 12.2 Å². The van der Waals surface area contributed by atoms with Gasteiger partial charge in [0.05, 0.1) is 10.7 Å². The molecule has 0 saturated heterocycles. The highest BCUT2D eigenvalue weighted by Crippen LogP contribution is 2.22. The van der Waals surface area contributed by atoms with Crippen molar-refractivity contribution in [1.29, 1.82) is 0 Å². The van der Waals surface area contributed by atoms with Crippen LogP contribution in [0, 0.1) is 6.92 Å². The quantitative estimate of drug-likeness (QED) is 0.720. The zero-order valence-corrected chi connectivity index (χ0v) is 15.2. The van der Waals surface area contributed by atoms with E-state index in [1.54, 1.807) is 11.3 Å². The Bertz CT molecular complexity index is 681. The number of nitrogens with zero attached hydrogens (tertiary/aromatic N) is 1. The fourth-order valence-corrected chi connectivity index (χ4v) is 2.91. The monoisotopic (exact) mass is 374 g/mol. The highest BCUT2D eigenvalue weighted by molar-refractivity contribution is 7.09. The summed E-state index contributed by atoms with van der Waals surface area (Å²) in [6.45, 7) is 4.46. The second kappa shape index (κ2) is 9.08. The number of aryl methyl sites for hydroxylation is 1. The van der Waals surface area contributed by atoms with Crippen LogP contribution in [0.2, 0.25) is 0 Å². The first-order chi connectivity index (χ1) is 10.2. The predicted molar refractivity (Wildman–Crippen MR) is 99.0 cm³/mol.